The summed E-state index contributed by atoms with van der Waals surface area (Å²) in [5.74, 6) is 0.856. The van der Waals surface area contributed by atoms with E-state index < -0.39 is 10.0 Å². The van der Waals surface area contributed by atoms with Gasteiger partial charge in [0.2, 0.25) is 10.0 Å². The average molecular weight is 460 g/mol. The maximum Gasteiger partial charge on any atom is 0.257 e. The highest BCUT2D eigenvalue weighted by Gasteiger charge is 2.28. The van der Waals surface area contributed by atoms with Gasteiger partial charge in [-0.05, 0) is 61.6 Å². The number of piperidine rings is 1. The Morgan fingerprint density at radius 3 is 2.48 bits per heavy atom. The first-order valence-corrected chi connectivity index (χ1v) is 12.4. The number of amides is 1. The molecule has 0 aliphatic carbocycles. The molecule has 0 saturated carbocycles. The standard InChI is InChI=1S/C22H25N3O4S2/c1-14-10-12-25(13-11-14)31(27,28)17-7-5-16(6-8-17)21(26)24-22-23-19-18(29-3)9-4-15(2)20(19)30-22/h4-9,14H,10-13H2,1-3H3,(H,23,24,26). The van der Waals surface area contributed by atoms with Crippen LogP contribution in [0.5, 0.6) is 5.75 Å². The molecule has 4 rings (SSSR count). The van der Waals surface area contributed by atoms with Crippen LogP contribution in [0.25, 0.3) is 10.2 Å². The minimum absolute atomic E-state index is 0.207. The van der Waals surface area contributed by atoms with Crippen molar-refractivity contribution in [1.82, 2.24) is 9.29 Å². The third-order valence-electron chi connectivity index (χ3n) is 5.64. The van der Waals surface area contributed by atoms with Crippen molar-refractivity contribution in [2.45, 2.75) is 31.6 Å². The van der Waals surface area contributed by atoms with Crippen molar-refractivity contribution < 1.29 is 17.9 Å². The second kappa shape index (κ2) is 8.57. The lowest BCUT2D eigenvalue weighted by Crippen LogP contribution is -2.37. The molecule has 1 aliphatic heterocycles. The summed E-state index contributed by atoms with van der Waals surface area (Å²) in [5.41, 5.74) is 2.13. The molecule has 2 heterocycles. The number of sulfonamides is 1. The van der Waals surface area contributed by atoms with Crippen molar-refractivity contribution >= 4 is 42.6 Å². The third-order valence-corrected chi connectivity index (χ3v) is 8.66. The summed E-state index contributed by atoms with van der Waals surface area (Å²) in [6, 6.07) is 9.86. The summed E-state index contributed by atoms with van der Waals surface area (Å²) < 4.78 is 33.6. The van der Waals surface area contributed by atoms with Gasteiger partial charge in [-0.3, -0.25) is 10.1 Å². The normalized spacial score (nSPS) is 15.8. The molecule has 31 heavy (non-hydrogen) atoms. The van der Waals surface area contributed by atoms with Crippen molar-refractivity contribution in [3.8, 4) is 5.75 Å². The van der Waals surface area contributed by atoms with Gasteiger partial charge in [0.05, 0.1) is 16.7 Å². The van der Waals surface area contributed by atoms with E-state index in [1.54, 1.807) is 7.11 Å². The quantitative estimate of drug-likeness (QED) is 0.615. The van der Waals surface area contributed by atoms with Crippen molar-refractivity contribution in [3.63, 3.8) is 0 Å². The second-order valence-electron chi connectivity index (χ2n) is 7.85. The molecular formula is C22H25N3O4S2. The molecule has 0 spiro atoms. The number of nitrogens with one attached hydrogen (secondary N) is 1. The molecule has 164 valence electrons. The molecule has 1 aliphatic rings. The van der Waals surface area contributed by atoms with E-state index in [4.69, 9.17) is 4.74 Å². The molecule has 9 heteroatoms. The zero-order valence-electron chi connectivity index (χ0n) is 17.7. The first-order valence-electron chi connectivity index (χ1n) is 10.2. The van der Waals surface area contributed by atoms with Crippen molar-refractivity contribution in [2.24, 2.45) is 5.92 Å². The fraction of sp³-hybridized carbons (Fsp3) is 0.364. The van der Waals surface area contributed by atoms with Gasteiger partial charge in [0, 0.05) is 18.7 Å². The van der Waals surface area contributed by atoms with Crippen LogP contribution in [0, 0.1) is 12.8 Å². The zero-order valence-corrected chi connectivity index (χ0v) is 19.3. The Morgan fingerprint density at radius 1 is 1.16 bits per heavy atom. The summed E-state index contributed by atoms with van der Waals surface area (Å²) >= 11 is 1.38. The first-order chi connectivity index (χ1) is 14.8. The highest BCUT2D eigenvalue weighted by atomic mass is 32.2. The molecule has 0 radical (unpaired) electrons. The van der Waals surface area contributed by atoms with Crippen LogP contribution < -0.4 is 10.1 Å². The molecular weight excluding hydrogens is 434 g/mol. The van der Waals surface area contributed by atoms with E-state index in [0.29, 0.717) is 41.0 Å². The minimum Gasteiger partial charge on any atom is -0.494 e. The number of hydrogen-bond acceptors (Lipinski definition) is 6. The third kappa shape index (κ3) is 4.30. The number of rotatable bonds is 5. The Labute approximate surface area is 186 Å². The van der Waals surface area contributed by atoms with Gasteiger partial charge in [0.1, 0.15) is 11.3 Å². The van der Waals surface area contributed by atoms with Crippen molar-refractivity contribution in [3.05, 3.63) is 47.5 Å². The summed E-state index contributed by atoms with van der Waals surface area (Å²) in [6.45, 7) is 5.19. The molecule has 1 N–H and O–H groups in total. The van der Waals surface area contributed by atoms with Crippen LogP contribution in [0.15, 0.2) is 41.3 Å². The fourth-order valence-corrected chi connectivity index (χ4v) is 6.07. The number of carbonyl (C=O) groups is 1. The Morgan fingerprint density at radius 2 is 1.84 bits per heavy atom. The van der Waals surface area contributed by atoms with E-state index in [-0.39, 0.29) is 10.8 Å². The molecule has 1 aromatic heterocycles. The van der Waals surface area contributed by atoms with Gasteiger partial charge in [-0.25, -0.2) is 13.4 Å². The maximum absolute atomic E-state index is 12.9. The van der Waals surface area contributed by atoms with Gasteiger partial charge >= 0.3 is 0 Å². The minimum atomic E-state index is -3.54. The van der Waals surface area contributed by atoms with Crippen LogP contribution in [0.1, 0.15) is 35.7 Å². The Hall–Kier alpha value is -2.49. The topological polar surface area (TPSA) is 88.6 Å². The highest BCUT2D eigenvalue weighted by Crippen LogP contribution is 2.35. The Bertz CT molecular complexity index is 1210. The number of thiazole rings is 1. The van der Waals surface area contributed by atoms with Crippen LogP contribution in [0.4, 0.5) is 5.13 Å². The molecule has 2 aromatic carbocycles. The highest BCUT2D eigenvalue weighted by molar-refractivity contribution is 7.89. The summed E-state index contributed by atoms with van der Waals surface area (Å²) in [5, 5.41) is 3.27. The molecule has 7 nitrogen and oxygen atoms in total. The van der Waals surface area contributed by atoms with E-state index in [1.807, 2.05) is 19.1 Å². The fourth-order valence-electron chi connectivity index (χ4n) is 3.65. The molecule has 1 amide bonds. The molecule has 1 fully saturated rings. The van der Waals surface area contributed by atoms with Crippen molar-refractivity contribution in [1.29, 1.82) is 0 Å². The van der Waals surface area contributed by atoms with Gasteiger partial charge in [-0.2, -0.15) is 4.31 Å². The average Bonchev–Trinajstić information content (AvgIpc) is 3.19. The number of ether oxygens (including phenoxy) is 1. The number of anilines is 1. The number of aryl methyl sites for hydroxylation is 1. The summed E-state index contributed by atoms with van der Waals surface area (Å²) in [7, 11) is -1.95. The number of carbonyl (C=O) groups excluding carboxylic acids is 1. The smallest absolute Gasteiger partial charge is 0.257 e. The number of benzene rings is 2. The Kier molecular flexibility index (Phi) is 6.00. The largest absolute Gasteiger partial charge is 0.494 e. The summed E-state index contributed by atoms with van der Waals surface area (Å²) in [4.78, 5) is 17.4. The lowest BCUT2D eigenvalue weighted by Gasteiger charge is -2.29. The van der Waals surface area contributed by atoms with E-state index >= 15 is 0 Å². The van der Waals surface area contributed by atoms with Gasteiger partial charge in [0.15, 0.2) is 5.13 Å². The molecule has 0 atom stereocenters. The van der Waals surface area contributed by atoms with Crippen LogP contribution >= 0.6 is 11.3 Å². The Balaban J connectivity index is 1.51. The predicted molar refractivity (Wildman–Crippen MR) is 122 cm³/mol. The monoisotopic (exact) mass is 459 g/mol. The van der Waals surface area contributed by atoms with E-state index in [0.717, 1.165) is 23.1 Å². The van der Waals surface area contributed by atoms with E-state index in [1.165, 1.54) is 39.9 Å². The zero-order chi connectivity index (χ0) is 22.2. The van der Waals surface area contributed by atoms with Crippen LogP contribution in [0.2, 0.25) is 0 Å². The van der Waals surface area contributed by atoms with Crippen LogP contribution in [-0.2, 0) is 10.0 Å². The predicted octanol–water partition coefficient (Wildman–Crippen LogP) is 4.29. The number of aromatic nitrogens is 1. The number of nitrogens with zero attached hydrogens (tertiary/aromatic N) is 2. The second-order valence-corrected chi connectivity index (χ2v) is 10.8. The molecule has 0 bridgehead atoms. The summed E-state index contributed by atoms with van der Waals surface area (Å²) in [6.07, 6.45) is 1.73. The molecule has 1 saturated heterocycles. The van der Waals surface area contributed by atoms with E-state index in [9.17, 15) is 13.2 Å². The van der Waals surface area contributed by atoms with Gasteiger partial charge in [-0.1, -0.05) is 24.3 Å². The number of methoxy groups -OCH3 is 1. The van der Waals surface area contributed by atoms with E-state index in [2.05, 4.69) is 17.2 Å². The SMILES string of the molecule is COc1ccc(C)c2sc(NC(=O)c3ccc(S(=O)(=O)N4CCC(C)CC4)cc3)nc12. The molecule has 3 aromatic rings. The maximum atomic E-state index is 12.9. The van der Waals surface area contributed by atoms with Gasteiger partial charge < -0.3 is 4.74 Å². The number of hydrogen-bond donors (Lipinski definition) is 1. The first kappa shape index (κ1) is 21.7. The number of fused-ring (bicyclic) bond motifs is 1. The van der Waals surface area contributed by atoms with Crippen LogP contribution in [-0.4, -0.2) is 43.8 Å². The lowest BCUT2D eigenvalue weighted by molar-refractivity contribution is 0.102. The van der Waals surface area contributed by atoms with Crippen LogP contribution in [0.3, 0.4) is 0 Å². The van der Waals surface area contributed by atoms with Gasteiger partial charge in [0.25, 0.3) is 5.91 Å². The lowest BCUT2D eigenvalue weighted by atomic mass is 10.0. The van der Waals surface area contributed by atoms with Gasteiger partial charge in [-0.15, -0.1) is 0 Å². The van der Waals surface area contributed by atoms with Crippen molar-refractivity contribution in [2.75, 3.05) is 25.5 Å². The molecule has 0 unspecified atom stereocenters.